The van der Waals surface area contributed by atoms with Gasteiger partial charge in [-0.2, -0.15) is 0 Å². The zero-order valence-corrected chi connectivity index (χ0v) is 16.9. The number of hydrogen-bond acceptors (Lipinski definition) is 8. The standard InChI is InChI=1S/C16H13N5O.C6H5FOS/c17-5-12(6-18)16-9-20-14-2-1-10(4-15(14)21-16)11-3-13(22)8-19-7-11;7-5-1-3-6(9-8)4-2-5/h1-9,17,22H,18H2;1-4,8H/b12-6+,17-5?;. The molecule has 0 amide bonds. The van der Waals surface area contributed by atoms with E-state index in [4.69, 9.17) is 15.7 Å². The molecule has 4 rings (SSSR count). The number of nitrogens with two attached hydrogens (primary N) is 1. The molecule has 2 heterocycles. The molecule has 0 saturated heterocycles. The average Bonchev–Trinajstić information content (AvgIpc) is 2.80. The molecular weight excluding hydrogens is 417 g/mol. The van der Waals surface area contributed by atoms with Gasteiger partial charge >= 0.3 is 0 Å². The Labute approximate surface area is 181 Å². The van der Waals surface area contributed by atoms with Gasteiger partial charge in [-0.15, -0.1) is 0 Å². The van der Waals surface area contributed by atoms with Crippen LogP contribution < -0.4 is 5.73 Å². The smallest absolute Gasteiger partial charge is 0.134 e. The molecule has 0 saturated carbocycles. The van der Waals surface area contributed by atoms with Crippen LogP contribution in [0.3, 0.4) is 0 Å². The second-order valence-electron chi connectivity index (χ2n) is 6.20. The third kappa shape index (κ3) is 5.62. The molecule has 0 bridgehead atoms. The maximum Gasteiger partial charge on any atom is 0.134 e. The maximum atomic E-state index is 12.1. The highest BCUT2D eigenvalue weighted by atomic mass is 32.2. The molecule has 0 unspecified atom stereocenters. The Kier molecular flexibility index (Phi) is 7.26. The van der Waals surface area contributed by atoms with Gasteiger partial charge in [0, 0.05) is 46.7 Å². The Morgan fingerprint density at radius 3 is 2.42 bits per heavy atom. The van der Waals surface area contributed by atoms with Gasteiger partial charge in [-0.25, -0.2) is 9.37 Å². The summed E-state index contributed by atoms with van der Waals surface area (Å²) in [7, 11) is 0. The van der Waals surface area contributed by atoms with Crippen LogP contribution in [-0.4, -0.2) is 30.8 Å². The van der Waals surface area contributed by atoms with Gasteiger partial charge in [0.25, 0.3) is 0 Å². The number of halogens is 1. The first-order valence-electron chi connectivity index (χ1n) is 8.95. The molecule has 0 aliphatic heterocycles. The Morgan fingerprint density at radius 2 is 1.77 bits per heavy atom. The molecule has 156 valence electrons. The predicted octanol–water partition coefficient (Wildman–Crippen LogP) is 4.74. The van der Waals surface area contributed by atoms with Gasteiger partial charge in [-0.1, -0.05) is 6.07 Å². The third-order valence-electron chi connectivity index (χ3n) is 4.15. The summed E-state index contributed by atoms with van der Waals surface area (Å²) in [6, 6.07) is 12.9. The van der Waals surface area contributed by atoms with E-state index in [2.05, 4.69) is 15.0 Å². The van der Waals surface area contributed by atoms with Crippen molar-refractivity contribution in [1.82, 2.24) is 15.0 Å². The molecule has 0 fully saturated rings. The lowest BCUT2D eigenvalue weighted by Crippen LogP contribution is -1.96. The molecule has 2 aromatic heterocycles. The summed E-state index contributed by atoms with van der Waals surface area (Å²) in [5.41, 5.74) is 9.59. The van der Waals surface area contributed by atoms with E-state index in [1.54, 1.807) is 18.5 Å². The van der Waals surface area contributed by atoms with Crippen LogP contribution in [0.1, 0.15) is 5.69 Å². The number of rotatable bonds is 4. The van der Waals surface area contributed by atoms with Crippen LogP contribution in [0.4, 0.5) is 4.39 Å². The number of nitrogens with one attached hydrogen (secondary N) is 1. The van der Waals surface area contributed by atoms with Crippen molar-refractivity contribution < 1.29 is 14.0 Å². The van der Waals surface area contributed by atoms with Gasteiger partial charge in [0.2, 0.25) is 0 Å². The highest BCUT2D eigenvalue weighted by Crippen LogP contribution is 2.25. The zero-order chi connectivity index (χ0) is 22.2. The van der Waals surface area contributed by atoms with Crippen LogP contribution in [0.25, 0.3) is 27.7 Å². The fraction of sp³-hybridized carbons (Fsp3) is 0. The first-order valence-corrected chi connectivity index (χ1v) is 9.72. The summed E-state index contributed by atoms with van der Waals surface area (Å²) in [5, 5.41) is 16.9. The maximum absolute atomic E-state index is 12.1. The van der Waals surface area contributed by atoms with Crippen LogP contribution in [-0.2, 0) is 0 Å². The summed E-state index contributed by atoms with van der Waals surface area (Å²) in [4.78, 5) is 13.4. The highest BCUT2D eigenvalue weighted by molar-refractivity contribution is 7.93. The van der Waals surface area contributed by atoms with Crippen molar-refractivity contribution >= 4 is 34.9 Å². The number of aromatic hydroxyl groups is 1. The van der Waals surface area contributed by atoms with Crippen molar-refractivity contribution in [2.75, 3.05) is 0 Å². The zero-order valence-electron chi connectivity index (χ0n) is 16.1. The topological polar surface area (TPSA) is 129 Å². The monoisotopic (exact) mass is 435 g/mol. The summed E-state index contributed by atoms with van der Waals surface area (Å²) in [6.45, 7) is 0. The van der Waals surface area contributed by atoms with Crippen molar-refractivity contribution in [2.45, 2.75) is 4.90 Å². The molecule has 4 aromatic rings. The number of nitrogens with zero attached hydrogens (tertiary/aromatic N) is 3. The average molecular weight is 435 g/mol. The predicted molar refractivity (Wildman–Crippen MR) is 120 cm³/mol. The van der Waals surface area contributed by atoms with Crippen molar-refractivity contribution in [3.8, 4) is 16.9 Å². The van der Waals surface area contributed by atoms with Gasteiger partial charge in [0.05, 0.1) is 29.1 Å². The Hall–Kier alpha value is -3.82. The molecule has 0 spiro atoms. The second kappa shape index (κ2) is 10.3. The largest absolute Gasteiger partial charge is 0.506 e. The molecular formula is C22H18FN5O2S. The third-order valence-corrected chi connectivity index (χ3v) is 4.63. The molecule has 2 aromatic carbocycles. The fourth-order valence-corrected chi connectivity index (χ4v) is 2.88. The number of pyridine rings is 1. The molecule has 0 radical (unpaired) electrons. The lowest BCUT2D eigenvalue weighted by atomic mass is 10.1. The van der Waals surface area contributed by atoms with Crippen LogP contribution in [0.5, 0.6) is 5.75 Å². The summed E-state index contributed by atoms with van der Waals surface area (Å²) >= 11 is 0.611. The molecule has 31 heavy (non-hydrogen) atoms. The Balaban J connectivity index is 0.000000254. The van der Waals surface area contributed by atoms with E-state index in [0.717, 1.165) is 22.9 Å². The molecule has 0 aliphatic rings. The van der Waals surface area contributed by atoms with Crippen molar-refractivity contribution in [3.05, 3.63) is 84.8 Å². The molecule has 7 nitrogen and oxygen atoms in total. The number of fused-ring (bicyclic) bond motifs is 1. The fourth-order valence-electron chi connectivity index (χ4n) is 2.62. The van der Waals surface area contributed by atoms with Crippen molar-refractivity contribution in [3.63, 3.8) is 0 Å². The number of hydrogen-bond donors (Lipinski definition) is 4. The highest BCUT2D eigenvalue weighted by Gasteiger charge is 2.06. The van der Waals surface area contributed by atoms with Crippen LogP contribution in [0.2, 0.25) is 0 Å². The van der Waals surface area contributed by atoms with Gasteiger partial charge in [-0.3, -0.25) is 9.97 Å². The lowest BCUT2D eigenvalue weighted by Gasteiger charge is -2.05. The molecule has 0 atom stereocenters. The van der Waals surface area contributed by atoms with E-state index >= 15 is 0 Å². The van der Waals surface area contributed by atoms with Crippen LogP contribution in [0.15, 0.2) is 78.2 Å². The first-order chi connectivity index (χ1) is 15.0. The Bertz CT molecular complexity index is 1230. The minimum absolute atomic E-state index is 0.106. The van der Waals surface area contributed by atoms with Gasteiger partial charge < -0.3 is 20.8 Å². The van der Waals surface area contributed by atoms with Crippen LogP contribution >= 0.6 is 12.0 Å². The lowest BCUT2D eigenvalue weighted by molar-refractivity contribution is 0.473. The van der Waals surface area contributed by atoms with Crippen LogP contribution in [0, 0.1) is 11.2 Å². The van der Waals surface area contributed by atoms with Gasteiger partial charge in [0.1, 0.15) is 11.6 Å². The number of allylic oxidation sites excluding steroid dienone is 1. The van der Waals surface area contributed by atoms with E-state index in [9.17, 15) is 9.50 Å². The summed E-state index contributed by atoms with van der Waals surface area (Å²) in [5.74, 6) is -0.178. The van der Waals surface area contributed by atoms with Gasteiger partial charge in [-0.05, 0) is 48.0 Å². The molecule has 5 N–H and O–H groups in total. The SMILES string of the molecule is N=C/C(=C\N)c1cnc2ccc(-c3cncc(O)c3)cc2n1.OSc1ccc(F)cc1. The number of benzene rings is 2. The van der Waals surface area contributed by atoms with E-state index in [0.29, 0.717) is 33.7 Å². The molecule has 0 aliphatic carbocycles. The first kappa shape index (κ1) is 21.9. The summed E-state index contributed by atoms with van der Waals surface area (Å²) < 4.78 is 20.6. The van der Waals surface area contributed by atoms with E-state index in [1.807, 2.05) is 18.2 Å². The van der Waals surface area contributed by atoms with Gasteiger partial charge in [0.15, 0.2) is 0 Å². The van der Waals surface area contributed by atoms with Crippen molar-refractivity contribution in [2.24, 2.45) is 5.73 Å². The minimum Gasteiger partial charge on any atom is -0.506 e. The normalized spacial score (nSPS) is 11.0. The van der Waals surface area contributed by atoms with E-state index in [1.165, 1.54) is 36.7 Å². The Morgan fingerprint density at radius 1 is 1.00 bits per heavy atom. The van der Waals surface area contributed by atoms with Crippen molar-refractivity contribution in [1.29, 1.82) is 5.41 Å². The van der Waals surface area contributed by atoms with E-state index < -0.39 is 0 Å². The summed E-state index contributed by atoms with van der Waals surface area (Å²) in [6.07, 6.45) is 7.10. The van der Waals surface area contributed by atoms with E-state index in [-0.39, 0.29) is 11.6 Å². The number of aromatic nitrogens is 3. The minimum atomic E-state index is -0.284. The molecule has 9 heteroatoms. The second-order valence-corrected chi connectivity index (χ2v) is 6.86. The quantitative estimate of drug-likeness (QED) is 0.269.